The molecule has 19 heavy (non-hydrogen) atoms. The van der Waals surface area contributed by atoms with Crippen LogP contribution >= 0.6 is 12.6 Å². The number of hydrogen-bond donors (Lipinski definition) is 2. The second-order valence-corrected chi connectivity index (χ2v) is 5.83. The van der Waals surface area contributed by atoms with Gasteiger partial charge in [-0.2, -0.15) is 12.6 Å². The van der Waals surface area contributed by atoms with Crippen LogP contribution in [0.3, 0.4) is 0 Å². The van der Waals surface area contributed by atoms with Gasteiger partial charge in [0.25, 0.3) is 0 Å². The number of unbranched alkanes of at least 4 members (excludes halogenated alkanes) is 1. The van der Waals surface area contributed by atoms with Crippen LogP contribution < -0.4 is 0 Å². The molecule has 112 valence electrons. The van der Waals surface area contributed by atoms with Gasteiger partial charge in [-0.25, -0.2) is 0 Å². The highest BCUT2D eigenvalue weighted by molar-refractivity contribution is 7.81. The molecule has 1 N–H and O–H groups in total. The Labute approximate surface area is 121 Å². The van der Waals surface area contributed by atoms with Gasteiger partial charge in [-0.15, -0.1) is 6.58 Å². The third kappa shape index (κ3) is 7.60. The number of aliphatic hydroxyl groups excluding tert-OH is 1. The molecule has 0 aromatic heterocycles. The zero-order valence-electron chi connectivity index (χ0n) is 12.1. The number of esters is 1. The normalized spacial score (nSPS) is 14.8. The number of thiol groups is 1. The average molecular weight is 290 g/mol. The lowest BCUT2D eigenvalue weighted by atomic mass is 9.86. The van der Waals surface area contributed by atoms with E-state index in [0.717, 1.165) is 12.8 Å². The fourth-order valence-electron chi connectivity index (χ4n) is 1.48. The number of carbonyl (C=O) groups is 1. The van der Waals surface area contributed by atoms with Gasteiger partial charge >= 0.3 is 5.97 Å². The molecule has 4 nitrogen and oxygen atoms in total. The van der Waals surface area contributed by atoms with E-state index in [0.29, 0.717) is 13.0 Å². The predicted octanol–water partition coefficient (Wildman–Crippen LogP) is 2.57. The van der Waals surface area contributed by atoms with E-state index in [2.05, 4.69) is 19.2 Å². The van der Waals surface area contributed by atoms with Crippen LogP contribution in [0, 0.1) is 5.41 Å². The van der Waals surface area contributed by atoms with Crippen LogP contribution in [0.5, 0.6) is 0 Å². The summed E-state index contributed by atoms with van der Waals surface area (Å²) < 4.78 is 10.3. The van der Waals surface area contributed by atoms with Gasteiger partial charge in [0.15, 0.2) is 6.29 Å². The molecule has 0 amide bonds. The zero-order chi connectivity index (χ0) is 14.9. The van der Waals surface area contributed by atoms with Gasteiger partial charge in [0.1, 0.15) is 5.25 Å². The van der Waals surface area contributed by atoms with Crippen LogP contribution in [-0.4, -0.2) is 35.8 Å². The van der Waals surface area contributed by atoms with Crippen molar-refractivity contribution in [1.82, 2.24) is 0 Å². The summed E-state index contributed by atoms with van der Waals surface area (Å²) in [6.07, 6.45) is 2.80. The molecule has 0 aliphatic carbocycles. The van der Waals surface area contributed by atoms with Crippen LogP contribution in [0.4, 0.5) is 0 Å². The van der Waals surface area contributed by atoms with Gasteiger partial charge in [-0.3, -0.25) is 4.79 Å². The molecule has 0 aromatic carbocycles. The standard InChI is InChI=1S/C14H26O4S/c1-5-7-9-17-12(15)11(19)10-14(3,4)13(16)18-8-6-2/h6,11,13,16,19H,2,5,7-10H2,1,3-4H3. The molecule has 0 saturated carbocycles. The molecule has 5 heteroatoms. The SMILES string of the molecule is C=CCOC(O)C(C)(C)CC(S)C(=O)OCCCC. The van der Waals surface area contributed by atoms with Crippen molar-refractivity contribution in [1.29, 1.82) is 0 Å². The highest BCUT2D eigenvalue weighted by Crippen LogP contribution is 2.30. The van der Waals surface area contributed by atoms with E-state index in [1.165, 1.54) is 0 Å². The molecule has 0 bridgehead atoms. The van der Waals surface area contributed by atoms with Crippen molar-refractivity contribution in [2.24, 2.45) is 5.41 Å². The summed E-state index contributed by atoms with van der Waals surface area (Å²) in [6.45, 7) is 9.88. The molecule has 0 saturated heterocycles. The zero-order valence-corrected chi connectivity index (χ0v) is 13.0. The summed E-state index contributed by atoms with van der Waals surface area (Å²) >= 11 is 4.24. The summed E-state index contributed by atoms with van der Waals surface area (Å²) in [5.74, 6) is -0.347. The van der Waals surface area contributed by atoms with Gasteiger partial charge in [0.2, 0.25) is 0 Å². The fourth-order valence-corrected chi connectivity index (χ4v) is 2.03. The Kier molecular flexibility index (Phi) is 9.14. The molecule has 0 aliphatic heterocycles. The van der Waals surface area contributed by atoms with E-state index < -0.39 is 17.0 Å². The maximum absolute atomic E-state index is 11.7. The molecule has 0 rings (SSSR count). The summed E-state index contributed by atoms with van der Waals surface area (Å²) in [5.41, 5.74) is -0.584. The number of aliphatic hydroxyl groups is 1. The number of carbonyl (C=O) groups excluding carboxylic acids is 1. The molecule has 0 fully saturated rings. The van der Waals surface area contributed by atoms with Gasteiger partial charge in [-0.1, -0.05) is 33.3 Å². The Hall–Kier alpha value is -0.520. The van der Waals surface area contributed by atoms with Crippen LogP contribution in [0.2, 0.25) is 0 Å². The second-order valence-electron chi connectivity index (χ2n) is 5.20. The van der Waals surface area contributed by atoms with E-state index in [1.807, 2.05) is 20.8 Å². The first-order valence-corrected chi connectivity index (χ1v) is 7.12. The van der Waals surface area contributed by atoms with E-state index in [-0.39, 0.29) is 12.6 Å². The average Bonchev–Trinajstić information content (AvgIpc) is 2.35. The van der Waals surface area contributed by atoms with Crippen molar-refractivity contribution in [3.05, 3.63) is 12.7 Å². The highest BCUT2D eigenvalue weighted by Gasteiger charge is 2.33. The van der Waals surface area contributed by atoms with E-state index in [9.17, 15) is 9.90 Å². The first kappa shape index (κ1) is 18.5. The van der Waals surface area contributed by atoms with Crippen molar-refractivity contribution < 1.29 is 19.4 Å². The topological polar surface area (TPSA) is 55.8 Å². The number of rotatable bonds is 10. The monoisotopic (exact) mass is 290 g/mol. The van der Waals surface area contributed by atoms with Gasteiger partial charge in [0, 0.05) is 5.41 Å². The third-order valence-electron chi connectivity index (χ3n) is 2.77. The van der Waals surface area contributed by atoms with E-state index in [1.54, 1.807) is 6.08 Å². The first-order chi connectivity index (χ1) is 8.85. The van der Waals surface area contributed by atoms with E-state index >= 15 is 0 Å². The summed E-state index contributed by atoms with van der Waals surface area (Å²) in [7, 11) is 0. The van der Waals surface area contributed by atoms with Gasteiger partial charge in [-0.05, 0) is 12.8 Å². The minimum absolute atomic E-state index is 0.267. The molecule has 2 atom stereocenters. The molecule has 0 spiro atoms. The minimum atomic E-state index is -0.969. The lowest BCUT2D eigenvalue weighted by Gasteiger charge is -2.31. The lowest BCUT2D eigenvalue weighted by Crippen LogP contribution is -2.36. The molecule has 2 unspecified atom stereocenters. The Balaban J connectivity index is 4.23. The Morgan fingerprint density at radius 2 is 2.16 bits per heavy atom. The number of ether oxygens (including phenoxy) is 2. The Morgan fingerprint density at radius 3 is 2.68 bits per heavy atom. The predicted molar refractivity (Wildman–Crippen MR) is 79.2 cm³/mol. The lowest BCUT2D eigenvalue weighted by molar-refractivity contribution is -0.163. The number of hydrogen-bond acceptors (Lipinski definition) is 5. The summed E-state index contributed by atoms with van der Waals surface area (Å²) in [6, 6.07) is 0. The van der Waals surface area contributed by atoms with Crippen LogP contribution in [0.1, 0.15) is 40.0 Å². The molecule has 0 radical (unpaired) electrons. The van der Waals surface area contributed by atoms with Crippen molar-refractivity contribution >= 4 is 18.6 Å². The van der Waals surface area contributed by atoms with Crippen molar-refractivity contribution in [3.8, 4) is 0 Å². The molecule has 0 heterocycles. The summed E-state index contributed by atoms with van der Waals surface area (Å²) in [4.78, 5) is 11.7. The highest BCUT2D eigenvalue weighted by atomic mass is 32.1. The Morgan fingerprint density at radius 1 is 1.53 bits per heavy atom. The van der Waals surface area contributed by atoms with Gasteiger partial charge < -0.3 is 14.6 Å². The van der Waals surface area contributed by atoms with Crippen molar-refractivity contribution in [3.63, 3.8) is 0 Å². The van der Waals surface area contributed by atoms with Crippen molar-refractivity contribution in [2.45, 2.75) is 51.6 Å². The maximum atomic E-state index is 11.7. The second kappa shape index (κ2) is 9.39. The fraction of sp³-hybridized carbons (Fsp3) is 0.786. The molecular weight excluding hydrogens is 264 g/mol. The minimum Gasteiger partial charge on any atom is -0.465 e. The van der Waals surface area contributed by atoms with Crippen molar-refractivity contribution in [2.75, 3.05) is 13.2 Å². The molecular formula is C14H26O4S. The van der Waals surface area contributed by atoms with Crippen LogP contribution in [0.15, 0.2) is 12.7 Å². The largest absolute Gasteiger partial charge is 0.465 e. The first-order valence-electron chi connectivity index (χ1n) is 6.60. The molecule has 0 aromatic rings. The van der Waals surface area contributed by atoms with Crippen LogP contribution in [0.25, 0.3) is 0 Å². The van der Waals surface area contributed by atoms with Gasteiger partial charge in [0.05, 0.1) is 13.2 Å². The smallest absolute Gasteiger partial charge is 0.318 e. The van der Waals surface area contributed by atoms with Crippen LogP contribution in [-0.2, 0) is 14.3 Å². The van der Waals surface area contributed by atoms with E-state index in [4.69, 9.17) is 9.47 Å². The Bertz CT molecular complexity index is 279. The maximum Gasteiger partial charge on any atom is 0.318 e. The summed E-state index contributed by atoms with van der Waals surface area (Å²) in [5, 5.41) is 9.34. The third-order valence-corrected chi connectivity index (χ3v) is 3.17. The molecule has 0 aliphatic rings. The quantitative estimate of drug-likeness (QED) is 0.213.